The van der Waals surface area contributed by atoms with Crippen LogP contribution in [-0.2, 0) is 11.3 Å². The minimum atomic E-state index is -0.750. The van der Waals surface area contributed by atoms with Gasteiger partial charge in [0.25, 0.3) is 5.56 Å². The minimum absolute atomic E-state index is 0.104. The Morgan fingerprint density at radius 1 is 1.52 bits per heavy atom. The Kier molecular flexibility index (Phi) is 3.47. The summed E-state index contributed by atoms with van der Waals surface area (Å²) >= 11 is 0. The maximum absolute atomic E-state index is 12.1. The van der Waals surface area contributed by atoms with E-state index in [0.29, 0.717) is 30.9 Å². The van der Waals surface area contributed by atoms with Crippen molar-refractivity contribution in [3.8, 4) is 0 Å². The van der Waals surface area contributed by atoms with Gasteiger partial charge in [-0.05, 0) is 31.5 Å². The van der Waals surface area contributed by atoms with Crippen LogP contribution in [0.25, 0.3) is 5.65 Å². The van der Waals surface area contributed by atoms with Crippen molar-refractivity contribution in [2.45, 2.75) is 19.9 Å². The van der Waals surface area contributed by atoms with Crippen molar-refractivity contribution in [3.63, 3.8) is 0 Å². The number of aryl methyl sites for hydroxylation is 1. The molecule has 0 bridgehead atoms. The predicted octanol–water partition coefficient (Wildman–Crippen LogP) is 0.909. The first kappa shape index (κ1) is 13.8. The standard InChI is InChI=1S/C15H17N3O3/c1-10-3-2-5-18-13(19)7-12(16-14(10)18)9-17-6-4-11(8-17)15(20)21/h2-3,5,7,11H,4,6,8-9H2,1H3,(H,20,21). The van der Waals surface area contributed by atoms with Gasteiger partial charge in [-0.25, -0.2) is 4.98 Å². The number of pyridine rings is 1. The van der Waals surface area contributed by atoms with Gasteiger partial charge in [0.2, 0.25) is 0 Å². The molecule has 2 aromatic heterocycles. The highest BCUT2D eigenvalue weighted by Gasteiger charge is 2.28. The molecule has 2 aromatic rings. The fraction of sp³-hybridized carbons (Fsp3) is 0.400. The van der Waals surface area contributed by atoms with Crippen LogP contribution in [0.4, 0.5) is 0 Å². The molecule has 0 aromatic carbocycles. The highest BCUT2D eigenvalue weighted by molar-refractivity contribution is 5.70. The van der Waals surface area contributed by atoms with E-state index in [1.54, 1.807) is 6.20 Å². The van der Waals surface area contributed by atoms with Gasteiger partial charge in [-0.1, -0.05) is 6.07 Å². The Labute approximate surface area is 121 Å². The first-order valence-electron chi connectivity index (χ1n) is 6.97. The number of nitrogens with zero attached hydrogens (tertiary/aromatic N) is 3. The molecular formula is C15H17N3O3. The fourth-order valence-electron chi connectivity index (χ4n) is 2.80. The number of rotatable bonds is 3. The van der Waals surface area contributed by atoms with E-state index in [1.165, 1.54) is 10.5 Å². The number of carbonyl (C=O) groups is 1. The van der Waals surface area contributed by atoms with Crippen molar-refractivity contribution in [2.75, 3.05) is 13.1 Å². The predicted molar refractivity (Wildman–Crippen MR) is 77.2 cm³/mol. The van der Waals surface area contributed by atoms with Crippen LogP contribution in [0.1, 0.15) is 17.7 Å². The topological polar surface area (TPSA) is 74.9 Å². The normalized spacial score (nSPS) is 19.2. The zero-order chi connectivity index (χ0) is 15.0. The summed E-state index contributed by atoms with van der Waals surface area (Å²) in [6.07, 6.45) is 2.36. The van der Waals surface area contributed by atoms with Crippen molar-refractivity contribution in [1.82, 2.24) is 14.3 Å². The van der Waals surface area contributed by atoms with Gasteiger partial charge in [0.1, 0.15) is 5.65 Å². The molecule has 0 aliphatic carbocycles. The third-order valence-corrected chi connectivity index (χ3v) is 3.95. The molecule has 0 saturated carbocycles. The highest BCUT2D eigenvalue weighted by Crippen LogP contribution is 2.18. The molecule has 1 unspecified atom stereocenters. The molecule has 1 saturated heterocycles. The van der Waals surface area contributed by atoms with Crippen LogP contribution in [-0.4, -0.2) is 38.4 Å². The maximum Gasteiger partial charge on any atom is 0.307 e. The molecule has 0 radical (unpaired) electrons. The first-order chi connectivity index (χ1) is 10.0. The molecule has 0 amide bonds. The average Bonchev–Trinajstić information content (AvgIpc) is 2.89. The summed E-state index contributed by atoms with van der Waals surface area (Å²) in [6, 6.07) is 5.27. The Bertz CT molecular complexity index is 753. The van der Waals surface area contributed by atoms with Crippen molar-refractivity contribution < 1.29 is 9.90 Å². The molecule has 110 valence electrons. The second kappa shape index (κ2) is 5.29. The quantitative estimate of drug-likeness (QED) is 0.908. The lowest BCUT2D eigenvalue weighted by atomic mass is 10.1. The third kappa shape index (κ3) is 2.67. The Balaban J connectivity index is 1.87. The molecule has 1 aliphatic heterocycles. The van der Waals surface area contributed by atoms with Gasteiger partial charge < -0.3 is 5.11 Å². The Morgan fingerprint density at radius 2 is 2.33 bits per heavy atom. The number of carboxylic acids is 1. The monoisotopic (exact) mass is 287 g/mol. The summed E-state index contributed by atoms with van der Waals surface area (Å²) in [5, 5.41) is 9.02. The summed E-state index contributed by atoms with van der Waals surface area (Å²) in [4.78, 5) is 29.7. The van der Waals surface area contributed by atoms with Gasteiger partial charge in [0.05, 0.1) is 11.6 Å². The van der Waals surface area contributed by atoms with E-state index in [0.717, 1.165) is 12.1 Å². The lowest BCUT2D eigenvalue weighted by molar-refractivity contribution is -0.141. The summed E-state index contributed by atoms with van der Waals surface area (Å²) in [7, 11) is 0. The average molecular weight is 287 g/mol. The molecule has 1 atom stereocenters. The van der Waals surface area contributed by atoms with E-state index in [9.17, 15) is 9.59 Å². The first-order valence-corrected chi connectivity index (χ1v) is 6.97. The van der Waals surface area contributed by atoms with Crippen LogP contribution in [0.3, 0.4) is 0 Å². The third-order valence-electron chi connectivity index (χ3n) is 3.95. The van der Waals surface area contributed by atoms with Crippen molar-refractivity contribution in [2.24, 2.45) is 5.92 Å². The second-order valence-corrected chi connectivity index (χ2v) is 5.53. The summed E-state index contributed by atoms with van der Waals surface area (Å²) in [5.74, 6) is -1.06. The largest absolute Gasteiger partial charge is 0.481 e. The summed E-state index contributed by atoms with van der Waals surface area (Å²) in [5.41, 5.74) is 2.20. The molecular weight excluding hydrogens is 270 g/mol. The summed E-state index contributed by atoms with van der Waals surface area (Å²) < 4.78 is 1.53. The van der Waals surface area contributed by atoms with E-state index in [1.807, 2.05) is 24.0 Å². The fourth-order valence-corrected chi connectivity index (χ4v) is 2.80. The number of fused-ring (bicyclic) bond motifs is 1. The van der Waals surface area contributed by atoms with Crippen LogP contribution in [0.2, 0.25) is 0 Å². The Hall–Kier alpha value is -2.21. The van der Waals surface area contributed by atoms with E-state index in [2.05, 4.69) is 4.98 Å². The number of aromatic nitrogens is 2. The number of aliphatic carboxylic acids is 1. The number of carboxylic acid groups (broad SMARTS) is 1. The molecule has 6 nitrogen and oxygen atoms in total. The van der Waals surface area contributed by atoms with Gasteiger partial charge in [-0.2, -0.15) is 0 Å². The Morgan fingerprint density at radius 3 is 3.05 bits per heavy atom. The molecule has 6 heteroatoms. The van der Waals surface area contributed by atoms with Crippen LogP contribution in [0, 0.1) is 12.8 Å². The van der Waals surface area contributed by atoms with Crippen LogP contribution < -0.4 is 5.56 Å². The number of hydrogen-bond donors (Lipinski definition) is 1. The molecule has 3 rings (SSSR count). The number of hydrogen-bond acceptors (Lipinski definition) is 4. The van der Waals surface area contributed by atoms with Crippen LogP contribution >= 0.6 is 0 Å². The van der Waals surface area contributed by atoms with E-state index in [4.69, 9.17) is 5.11 Å². The smallest absolute Gasteiger partial charge is 0.307 e. The van der Waals surface area contributed by atoms with Gasteiger partial charge >= 0.3 is 5.97 Å². The number of likely N-dealkylation sites (tertiary alicyclic amines) is 1. The molecule has 1 fully saturated rings. The van der Waals surface area contributed by atoms with Gasteiger partial charge in [0.15, 0.2) is 0 Å². The zero-order valence-corrected chi connectivity index (χ0v) is 11.8. The van der Waals surface area contributed by atoms with Crippen LogP contribution in [0.15, 0.2) is 29.2 Å². The van der Waals surface area contributed by atoms with Crippen molar-refractivity contribution in [3.05, 3.63) is 46.0 Å². The maximum atomic E-state index is 12.1. The molecule has 21 heavy (non-hydrogen) atoms. The lowest BCUT2D eigenvalue weighted by Gasteiger charge is -2.15. The van der Waals surface area contributed by atoms with Gasteiger partial charge in [-0.3, -0.25) is 18.9 Å². The molecule has 1 N–H and O–H groups in total. The zero-order valence-electron chi connectivity index (χ0n) is 11.8. The van der Waals surface area contributed by atoms with Gasteiger partial charge in [-0.15, -0.1) is 0 Å². The van der Waals surface area contributed by atoms with Crippen LogP contribution in [0.5, 0.6) is 0 Å². The minimum Gasteiger partial charge on any atom is -0.481 e. The molecule has 0 spiro atoms. The van der Waals surface area contributed by atoms with Crippen molar-refractivity contribution >= 4 is 11.6 Å². The summed E-state index contributed by atoms with van der Waals surface area (Å²) in [6.45, 7) is 3.68. The molecule has 1 aliphatic rings. The molecule has 3 heterocycles. The second-order valence-electron chi connectivity index (χ2n) is 5.53. The van der Waals surface area contributed by atoms with Crippen molar-refractivity contribution in [1.29, 1.82) is 0 Å². The lowest BCUT2D eigenvalue weighted by Crippen LogP contribution is -2.25. The van der Waals surface area contributed by atoms with Gasteiger partial charge in [0, 0.05) is 25.4 Å². The van der Waals surface area contributed by atoms with E-state index >= 15 is 0 Å². The highest BCUT2D eigenvalue weighted by atomic mass is 16.4. The SMILES string of the molecule is Cc1cccn2c(=O)cc(CN3CCC(C(=O)O)C3)nc12. The van der Waals surface area contributed by atoms with E-state index in [-0.39, 0.29) is 11.5 Å². The van der Waals surface area contributed by atoms with E-state index < -0.39 is 5.97 Å².